The fourth-order valence-corrected chi connectivity index (χ4v) is 1.75. The number of anilines is 2. The second kappa shape index (κ2) is 5.40. The average molecular weight is 263 g/mol. The van der Waals surface area contributed by atoms with Crippen molar-refractivity contribution in [3.05, 3.63) is 30.3 Å². The number of nitrogen functional groups attached to an aromatic ring is 1. The lowest BCUT2D eigenvalue weighted by Gasteiger charge is -2.29. The van der Waals surface area contributed by atoms with Gasteiger partial charge in [-0.2, -0.15) is 0 Å². The summed E-state index contributed by atoms with van der Waals surface area (Å²) in [5, 5.41) is 31.5. The molecule has 0 aliphatic heterocycles. The number of benzene rings is 1. The topological polar surface area (TPSA) is 112 Å². The molecule has 0 unspecified atom stereocenters. The van der Waals surface area contributed by atoms with Crippen molar-refractivity contribution in [3.63, 3.8) is 0 Å². The molecule has 0 bridgehead atoms. The third-order valence-electron chi connectivity index (χ3n) is 3.01. The Morgan fingerprint density at radius 1 is 1.05 bits per heavy atom. The largest absolute Gasteiger partial charge is 0.399 e. The van der Waals surface area contributed by atoms with Gasteiger partial charge in [0.05, 0.1) is 25.3 Å². The zero-order chi connectivity index (χ0) is 13.9. The molecule has 0 atom stereocenters. The number of aliphatic hydroxyl groups is 3. The molecule has 0 fully saturated rings. The van der Waals surface area contributed by atoms with Crippen molar-refractivity contribution in [1.82, 2.24) is 4.98 Å². The van der Waals surface area contributed by atoms with Crippen LogP contribution in [0.25, 0.3) is 10.9 Å². The monoisotopic (exact) mass is 263 g/mol. The van der Waals surface area contributed by atoms with E-state index in [1.807, 2.05) is 12.1 Å². The summed E-state index contributed by atoms with van der Waals surface area (Å²) in [6.45, 7) is -1.20. The van der Waals surface area contributed by atoms with E-state index in [1.54, 1.807) is 18.2 Å². The van der Waals surface area contributed by atoms with Crippen LogP contribution < -0.4 is 11.1 Å². The first-order valence-corrected chi connectivity index (χ1v) is 5.89. The highest BCUT2D eigenvalue weighted by molar-refractivity contribution is 5.83. The summed E-state index contributed by atoms with van der Waals surface area (Å²) in [6.07, 6.45) is 0. The van der Waals surface area contributed by atoms with E-state index in [-0.39, 0.29) is 0 Å². The van der Waals surface area contributed by atoms with Gasteiger partial charge >= 0.3 is 0 Å². The summed E-state index contributed by atoms with van der Waals surface area (Å²) >= 11 is 0. The molecule has 1 heterocycles. The van der Waals surface area contributed by atoms with Gasteiger partial charge in [0.25, 0.3) is 0 Å². The molecule has 0 spiro atoms. The van der Waals surface area contributed by atoms with Crippen molar-refractivity contribution in [2.45, 2.75) is 5.54 Å². The Morgan fingerprint density at radius 3 is 2.37 bits per heavy atom. The molecule has 0 aliphatic carbocycles. The Morgan fingerprint density at radius 2 is 1.74 bits per heavy atom. The Kier molecular flexibility index (Phi) is 3.84. The molecule has 0 saturated carbocycles. The van der Waals surface area contributed by atoms with Crippen LogP contribution in [-0.4, -0.2) is 45.7 Å². The summed E-state index contributed by atoms with van der Waals surface area (Å²) in [7, 11) is 0. The lowest BCUT2D eigenvalue weighted by molar-refractivity contribution is 0.0831. The van der Waals surface area contributed by atoms with Crippen LogP contribution in [0, 0.1) is 0 Å². The van der Waals surface area contributed by atoms with Gasteiger partial charge in [-0.15, -0.1) is 0 Å². The van der Waals surface area contributed by atoms with Crippen LogP contribution in [0.2, 0.25) is 0 Å². The van der Waals surface area contributed by atoms with Crippen molar-refractivity contribution < 1.29 is 15.3 Å². The maximum atomic E-state index is 9.26. The minimum atomic E-state index is -1.19. The number of hydrogen-bond acceptors (Lipinski definition) is 6. The molecule has 6 nitrogen and oxygen atoms in total. The van der Waals surface area contributed by atoms with Gasteiger partial charge in [0.15, 0.2) is 0 Å². The van der Waals surface area contributed by atoms with Gasteiger partial charge < -0.3 is 26.4 Å². The van der Waals surface area contributed by atoms with E-state index in [9.17, 15) is 15.3 Å². The van der Waals surface area contributed by atoms with Crippen LogP contribution in [0.4, 0.5) is 11.5 Å². The molecule has 19 heavy (non-hydrogen) atoms. The first-order chi connectivity index (χ1) is 9.12. The number of hydrogen-bond donors (Lipinski definition) is 5. The molecule has 0 saturated heterocycles. The second-order valence-corrected chi connectivity index (χ2v) is 4.53. The normalized spacial score (nSPS) is 11.7. The molecule has 1 aromatic heterocycles. The highest BCUT2D eigenvalue weighted by atomic mass is 16.3. The Labute approximate surface area is 110 Å². The van der Waals surface area contributed by atoms with E-state index in [0.29, 0.717) is 11.5 Å². The highest BCUT2D eigenvalue weighted by Crippen LogP contribution is 2.20. The van der Waals surface area contributed by atoms with Gasteiger partial charge in [0.1, 0.15) is 11.4 Å². The molecular formula is C13H17N3O3. The number of nitrogens with zero attached hydrogens (tertiary/aromatic N) is 1. The quantitative estimate of drug-likeness (QED) is 0.483. The number of nitrogens with one attached hydrogen (secondary N) is 1. The number of fused-ring (bicyclic) bond motifs is 1. The number of aliphatic hydroxyl groups excluding tert-OH is 3. The first kappa shape index (κ1) is 13.5. The van der Waals surface area contributed by atoms with Crippen molar-refractivity contribution in [1.29, 1.82) is 0 Å². The van der Waals surface area contributed by atoms with Gasteiger partial charge in [-0.05, 0) is 30.3 Å². The minimum absolute atomic E-state index is 0.401. The fraction of sp³-hybridized carbons (Fsp3) is 0.308. The predicted molar refractivity (Wildman–Crippen MR) is 73.8 cm³/mol. The molecule has 2 rings (SSSR count). The summed E-state index contributed by atoms with van der Waals surface area (Å²) in [5.41, 5.74) is 5.90. The van der Waals surface area contributed by atoms with Crippen molar-refractivity contribution in [2.24, 2.45) is 0 Å². The summed E-state index contributed by atoms with van der Waals surface area (Å²) in [4.78, 5) is 4.35. The van der Waals surface area contributed by atoms with Gasteiger partial charge in [-0.3, -0.25) is 0 Å². The standard InChI is InChI=1S/C13H17N3O3/c14-10-2-3-11-9(5-10)1-4-12(15-11)16-13(6-17,7-18)8-19/h1-5,17-19H,6-8,14H2,(H,15,16). The average Bonchev–Trinajstić information content (AvgIpc) is 2.45. The molecule has 6 heteroatoms. The van der Waals surface area contributed by atoms with Crippen molar-refractivity contribution in [2.75, 3.05) is 30.9 Å². The maximum Gasteiger partial charge on any atom is 0.127 e. The predicted octanol–water partition coefficient (Wildman–Crippen LogP) is -0.0554. The molecule has 0 amide bonds. The zero-order valence-corrected chi connectivity index (χ0v) is 10.4. The second-order valence-electron chi connectivity index (χ2n) is 4.53. The lowest BCUT2D eigenvalue weighted by atomic mass is 10.0. The third kappa shape index (κ3) is 2.76. The SMILES string of the molecule is Nc1ccc2nc(NC(CO)(CO)CO)ccc2c1. The molecule has 0 aliphatic rings. The van der Waals surface area contributed by atoms with Crippen molar-refractivity contribution >= 4 is 22.4 Å². The van der Waals surface area contributed by atoms with Gasteiger partial charge in [0.2, 0.25) is 0 Å². The van der Waals surface area contributed by atoms with Crippen LogP contribution in [0.1, 0.15) is 0 Å². The molecular weight excluding hydrogens is 246 g/mol. The van der Waals surface area contributed by atoms with E-state index < -0.39 is 25.4 Å². The highest BCUT2D eigenvalue weighted by Gasteiger charge is 2.28. The van der Waals surface area contributed by atoms with Crippen LogP contribution in [0.5, 0.6) is 0 Å². The number of pyridine rings is 1. The molecule has 6 N–H and O–H groups in total. The number of rotatable bonds is 5. The minimum Gasteiger partial charge on any atom is -0.399 e. The number of nitrogens with two attached hydrogens (primary N) is 1. The fourth-order valence-electron chi connectivity index (χ4n) is 1.75. The van der Waals surface area contributed by atoms with E-state index in [2.05, 4.69) is 10.3 Å². The Bertz CT molecular complexity index is 562. The number of aromatic nitrogens is 1. The van der Waals surface area contributed by atoms with Crippen molar-refractivity contribution in [3.8, 4) is 0 Å². The van der Waals surface area contributed by atoms with Crippen LogP contribution >= 0.6 is 0 Å². The van der Waals surface area contributed by atoms with Crippen LogP contribution in [-0.2, 0) is 0 Å². The Hall–Kier alpha value is -1.89. The summed E-state index contributed by atoms with van der Waals surface area (Å²) in [5.74, 6) is 0.467. The summed E-state index contributed by atoms with van der Waals surface area (Å²) in [6, 6.07) is 8.88. The van der Waals surface area contributed by atoms with E-state index in [4.69, 9.17) is 5.73 Å². The van der Waals surface area contributed by atoms with Crippen LogP contribution in [0.15, 0.2) is 30.3 Å². The third-order valence-corrected chi connectivity index (χ3v) is 3.01. The zero-order valence-electron chi connectivity index (χ0n) is 10.4. The van der Waals surface area contributed by atoms with E-state index >= 15 is 0 Å². The van der Waals surface area contributed by atoms with E-state index in [1.165, 1.54) is 0 Å². The van der Waals surface area contributed by atoms with Crippen LogP contribution in [0.3, 0.4) is 0 Å². The molecule has 102 valence electrons. The molecule has 0 radical (unpaired) electrons. The van der Waals surface area contributed by atoms with Gasteiger partial charge in [-0.25, -0.2) is 4.98 Å². The van der Waals surface area contributed by atoms with Gasteiger partial charge in [0, 0.05) is 11.1 Å². The maximum absolute atomic E-state index is 9.26. The summed E-state index contributed by atoms with van der Waals surface area (Å²) < 4.78 is 0. The smallest absolute Gasteiger partial charge is 0.127 e. The van der Waals surface area contributed by atoms with E-state index in [0.717, 1.165) is 10.9 Å². The first-order valence-electron chi connectivity index (χ1n) is 5.89. The Balaban J connectivity index is 2.33. The lowest BCUT2D eigenvalue weighted by Crippen LogP contribution is -2.49. The molecule has 2 aromatic rings. The van der Waals surface area contributed by atoms with Gasteiger partial charge in [-0.1, -0.05) is 0 Å². The molecule has 1 aromatic carbocycles.